The molecule has 0 saturated heterocycles. The molecule has 8 heavy (non-hydrogen) atoms. The minimum atomic E-state index is 0.885. The van der Waals surface area contributed by atoms with Crippen molar-refractivity contribution >= 4 is 5.87 Å². The summed E-state index contributed by atoms with van der Waals surface area (Å²) in [5.74, 6) is 2.69. The van der Waals surface area contributed by atoms with E-state index in [1.54, 1.807) is 12.4 Å². The summed E-state index contributed by atoms with van der Waals surface area (Å²) in [6.07, 6.45) is 3.52. The van der Waals surface area contributed by atoms with Gasteiger partial charge in [-0.1, -0.05) is 0 Å². The zero-order chi connectivity index (χ0) is 5.82. The highest BCUT2D eigenvalue weighted by Crippen LogP contribution is 1.90. The molecule has 1 rings (SSSR count). The van der Waals surface area contributed by atoms with E-state index < -0.39 is 0 Å². The Morgan fingerprint density at radius 1 is 1.88 bits per heavy atom. The van der Waals surface area contributed by atoms with E-state index >= 15 is 0 Å². The molecule has 0 aromatic heterocycles. The van der Waals surface area contributed by atoms with Gasteiger partial charge in [0.15, 0.2) is 0 Å². The number of aliphatic imine (C=N–C) groups is 1. The van der Waals surface area contributed by atoms with Crippen LogP contribution in [0.5, 0.6) is 0 Å². The zero-order valence-corrected chi connectivity index (χ0v) is 4.81. The summed E-state index contributed by atoms with van der Waals surface area (Å²) in [6.45, 7) is 2.91. The van der Waals surface area contributed by atoms with Crippen LogP contribution in [0.3, 0.4) is 0 Å². The van der Waals surface area contributed by atoms with Crippen molar-refractivity contribution in [1.29, 1.82) is 0 Å². The lowest BCUT2D eigenvalue weighted by atomic mass is 10.3. The molecule has 0 spiro atoms. The molecule has 1 heterocycles. The van der Waals surface area contributed by atoms with Crippen LogP contribution in [0, 0.1) is 0 Å². The van der Waals surface area contributed by atoms with Gasteiger partial charge in [0.2, 0.25) is 0 Å². The maximum atomic E-state index is 3.82. The van der Waals surface area contributed by atoms with Gasteiger partial charge >= 0.3 is 0 Å². The highest BCUT2D eigenvalue weighted by atomic mass is 14.8. The molecule has 1 N–H and O–H groups in total. The van der Waals surface area contributed by atoms with Gasteiger partial charge in [-0.25, -0.2) is 4.99 Å². The molecule has 42 valence electrons. The van der Waals surface area contributed by atoms with E-state index in [9.17, 15) is 0 Å². The summed E-state index contributed by atoms with van der Waals surface area (Å²) in [4.78, 5) is 3.82. The second-order valence-corrected chi connectivity index (χ2v) is 1.76. The number of nitrogens with one attached hydrogen (secondary N) is 1. The summed E-state index contributed by atoms with van der Waals surface area (Å²) < 4.78 is 0. The van der Waals surface area contributed by atoms with Crippen LogP contribution in [-0.2, 0) is 0 Å². The lowest BCUT2D eigenvalue weighted by Gasteiger charge is -1.93. The molecule has 0 atom stereocenters. The largest absolute Gasteiger partial charge is 0.380 e. The molecule has 0 amide bonds. The molecule has 1 aliphatic heterocycles. The third kappa shape index (κ3) is 1.24. The van der Waals surface area contributed by atoms with Crippen LogP contribution in [0.2, 0.25) is 0 Å². The van der Waals surface area contributed by atoms with Crippen molar-refractivity contribution in [2.24, 2.45) is 4.99 Å². The van der Waals surface area contributed by atoms with Gasteiger partial charge in [-0.2, -0.15) is 0 Å². The average molecular weight is 108 g/mol. The predicted molar refractivity (Wildman–Crippen MR) is 33.8 cm³/mol. The van der Waals surface area contributed by atoms with Gasteiger partial charge in [0.25, 0.3) is 0 Å². The van der Waals surface area contributed by atoms with Gasteiger partial charge < -0.3 is 5.32 Å². The first-order valence-corrected chi connectivity index (χ1v) is 2.55. The Kier molecular flexibility index (Phi) is 1.50. The third-order valence-corrected chi connectivity index (χ3v) is 0.907. The van der Waals surface area contributed by atoms with Crippen LogP contribution >= 0.6 is 0 Å². The summed E-state index contributed by atoms with van der Waals surface area (Å²) in [6, 6.07) is 0. The van der Waals surface area contributed by atoms with Crippen LogP contribution in [0.4, 0.5) is 0 Å². The quantitative estimate of drug-likeness (QED) is 0.484. The fourth-order valence-corrected chi connectivity index (χ4v) is 0.488. The van der Waals surface area contributed by atoms with Crippen LogP contribution in [0.1, 0.15) is 6.92 Å². The Balaban J connectivity index is 2.72. The second kappa shape index (κ2) is 2.34. The lowest BCUT2D eigenvalue weighted by Crippen LogP contribution is -2.06. The van der Waals surface area contributed by atoms with Crippen LogP contribution in [0.15, 0.2) is 23.0 Å². The average Bonchev–Trinajstić information content (AvgIpc) is 1.94. The van der Waals surface area contributed by atoms with Crippen molar-refractivity contribution in [3.05, 3.63) is 18.0 Å². The zero-order valence-electron chi connectivity index (χ0n) is 4.81. The van der Waals surface area contributed by atoms with Gasteiger partial charge in [0.05, 0.1) is 6.20 Å². The number of nitrogens with zero attached hydrogens (tertiary/aromatic N) is 1. The summed E-state index contributed by atoms with van der Waals surface area (Å²) in [5, 5.41) is 3.00. The Morgan fingerprint density at radius 3 is 3.62 bits per heavy atom. The molecule has 2 heteroatoms. The first kappa shape index (κ1) is 5.13. The Labute approximate surface area is 48.6 Å². The van der Waals surface area contributed by atoms with Crippen LogP contribution < -0.4 is 5.32 Å². The van der Waals surface area contributed by atoms with Crippen LogP contribution in [0.25, 0.3) is 0 Å². The normalized spacial score (nSPS) is 16.9. The van der Waals surface area contributed by atoms with Gasteiger partial charge in [-0.15, -0.1) is 0 Å². The molecule has 0 fully saturated rings. The molecule has 2 nitrogen and oxygen atoms in total. The van der Waals surface area contributed by atoms with Crippen molar-refractivity contribution in [2.45, 2.75) is 6.92 Å². The topological polar surface area (TPSA) is 24.4 Å². The van der Waals surface area contributed by atoms with E-state index in [2.05, 4.69) is 16.2 Å². The lowest BCUT2D eigenvalue weighted by molar-refractivity contribution is 0.945. The summed E-state index contributed by atoms with van der Waals surface area (Å²) >= 11 is 0. The minimum Gasteiger partial charge on any atom is -0.380 e. The van der Waals surface area contributed by atoms with E-state index in [0.717, 1.165) is 6.54 Å². The van der Waals surface area contributed by atoms with Gasteiger partial charge in [0.1, 0.15) is 0 Å². The molecular formula is C6H8N2. The van der Waals surface area contributed by atoms with Crippen molar-refractivity contribution in [1.82, 2.24) is 5.32 Å². The Bertz CT molecular complexity index is 161. The second-order valence-electron chi connectivity index (χ2n) is 1.76. The molecule has 0 aromatic rings. The molecule has 1 aliphatic rings. The Morgan fingerprint density at radius 2 is 2.75 bits per heavy atom. The molecule has 0 bridgehead atoms. The van der Waals surface area contributed by atoms with Gasteiger partial charge in [-0.05, 0) is 12.5 Å². The predicted octanol–water partition coefficient (Wildman–Crippen LogP) is 0.677. The van der Waals surface area contributed by atoms with E-state index in [-0.39, 0.29) is 0 Å². The van der Waals surface area contributed by atoms with Crippen molar-refractivity contribution < 1.29 is 0 Å². The van der Waals surface area contributed by atoms with Gasteiger partial charge in [0, 0.05) is 18.6 Å². The fourth-order valence-electron chi connectivity index (χ4n) is 0.488. The van der Waals surface area contributed by atoms with Crippen molar-refractivity contribution in [2.75, 3.05) is 6.54 Å². The molecule has 0 radical (unpaired) electrons. The Hall–Kier alpha value is -1.01. The number of rotatable bonds is 0. The maximum Gasteiger partial charge on any atom is 0.0598 e. The van der Waals surface area contributed by atoms with Gasteiger partial charge in [-0.3, -0.25) is 0 Å². The highest BCUT2D eigenvalue weighted by Gasteiger charge is 1.85. The van der Waals surface area contributed by atoms with E-state index in [1.165, 1.54) is 5.57 Å². The molecular weight excluding hydrogens is 100 g/mol. The maximum absolute atomic E-state index is 3.82. The summed E-state index contributed by atoms with van der Waals surface area (Å²) in [5.41, 5.74) is 1.23. The molecule has 0 saturated carbocycles. The first-order chi connectivity index (χ1) is 3.89. The summed E-state index contributed by atoms with van der Waals surface area (Å²) in [7, 11) is 0. The SMILES string of the molecule is CC1=CN=C=CNC1. The van der Waals surface area contributed by atoms with Crippen molar-refractivity contribution in [3.8, 4) is 0 Å². The molecule has 0 aliphatic carbocycles. The minimum absolute atomic E-state index is 0.885. The smallest absolute Gasteiger partial charge is 0.0598 e. The highest BCUT2D eigenvalue weighted by molar-refractivity contribution is 5.52. The fraction of sp³-hybridized carbons (Fsp3) is 0.333. The third-order valence-electron chi connectivity index (χ3n) is 0.907. The van der Waals surface area contributed by atoms with E-state index in [1.807, 2.05) is 6.92 Å². The standard InChI is InChI=1S/C6H8N2/c1-6-4-7-2-3-8-5-6/h2,5,7H,4H2,1H3. The number of hydrogen-bond acceptors (Lipinski definition) is 2. The van der Waals surface area contributed by atoms with Crippen LogP contribution in [-0.4, -0.2) is 12.4 Å². The first-order valence-electron chi connectivity index (χ1n) is 2.55. The number of hydrogen-bond donors (Lipinski definition) is 1. The molecule has 0 aromatic carbocycles. The van der Waals surface area contributed by atoms with E-state index in [4.69, 9.17) is 0 Å². The van der Waals surface area contributed by atoms with E-state index in [0.29, 0.717) is 0 Å². The molecule has 0 unspecified atom stereocenters. The monoisotopic (exact) mass is 108 g/mol. The van der Waals surface area contributed by atoms with Crippen molar-refractivity contribution in [3.63, 3.8) is 0 Å².